The van der Waals surface area contributed by atoms with E-state index >= 15 is 0 Å². The number of ether oxygens (including phenoxy) is 1. The fourth-order valence-electron chi connectivity index (χ4n) is 3.43. The van der Waals surface area contributed by atoms with Gasteiger partial charge in [0.05, 0.1) is 30.2 Å². The molecule has 3 heterocycles. The second-order valence-corrected chi connectivity index (χ2v) is 6.91. The first-order valence-corrected chi connectivity index (χ1v) is 8.63. The number of aromatic nitrogens is 2. The minimum atomic E-state index is 0.0233. The number of carbonyl (C=O) groups excluding carboxylic acids is 1. The van der Waals surface area contributed by atoms with Gasteiger partial charge >= 0.3 is 0 Å². The van der Waals surface area contributed by atoms with Crippen molar-refractivity contribution in [3.63, 3.8) is 0 Å². The van der Waals surface area contributed by atoms with E-state index in [4.69, 9.17) is 9.15 Å². The molecule has 6 heteroatoms. The van der Waals surface area contributed by atoms with Crippen molar-refractivity contribution in [2.24, 2.45) is 13.0 Å². The van der Waals surface area contributed by atoms with Gasteiger partial charge in [-0.1, -0.05) is 0 Å². The van der Waals surface area contributed by atoms with Crippen molar-refractivity contribution in [1.82, 2.24) is 14.7 Å². The molecule has 24 heavy (non-hydrogen) atoms. The Labute approximate surface area is 141 Å². The molecule has 0 aromatic carbocycles. The second kappa shape index (κ2) is 6.43. The Kier molecular flexibility index (Phi) is 4.14. The van der Waals surface area contributed by atoms with Crippen molar-refractivity contribution < 1.29 is 13.9 Å². The van der Waals surface area contributed by atoms with Crippen LogP contribution in [0.5, 0.6) is 0 Å². The van der Waals surface area contributed by atoms with Crippen molar-refractivity contribution in [2.75, 3.05) is 13.2 Å². The Bertz CT molecular complexity index is 690. The maximum Gasteiger partial charge on any atom is 0.257 e. The first kappa shape index (κ1) is 15.4. The molecule has 0 N–H and O–H groups in total. The number of carbonyl (C=O) groups is 1. The summed E-state index contributed by atoms with van der Waals surface area (Å²) in [7, 11) is 1.91. The summed E-state index contributed by atoms with van der Waals surface area (Å²) in [5.41, 5.74) is 1.74. The quantitative estimate of drug-likeness (QED) is 0.816. The van der Waals surface area contributed by atoms with Crippen LogP contribution in [-0.2, 0) is 18.2 Å². The van der Waals surface area contributed by atoms with Crippen LogP contribution in [0.3, 0.4) is 0 Å². The fourth-order valence-corrected chi connectivity index (χ4v) is 3.43. The summed E-state index contributed by atoms with van der Waals surface area (Å²) in [5, 5.41) is 4.25. The Hall–Kier alpha value is -2.08. The zero-order valence-electron chi connectivity index (χ0n) is 13.9. The van der Waals surface area contributed by atoms with Crippen LogP contribution < -0.4 is 0 Å². The predicted octanol–water partition coefficient (Wildman–Crippen LogP) is 2.27. The van der Waals surface area contributed by atoms with E-state index in [2.05, 4.69) is 5.10 Å². The normalized spacial score (nSPS) is 23.8. The van der Waals surface area contributed by atoms with Gasteiger partial charge in [0.2, 0.25) is 0 Å². The number of hydrogen-bond acceptors (Lipinski definition) is 4. The maximum atomic E-state index is 12.8. The van der Waals surface area contributed by atoms with Gasteiger partial charge in [0.25, 0.3) is 5.91 Å². The van der Waals surface area contributed by atoms with E-state index in [0.29, 0.717) is 5.56 Å². The van der Waals surface area contributed by atoms with Gasteiger partial charge in [-0.2, -0.15) is 5.10 Å². The number of amides is 1. The lowest BCUT2D eigenvalue weighted by atomic mass is 10.0. The summed E-state index contributed by atoms with van der Waals surface area (Å²) in [6, 6.07) is 1.78. The SMILES string of the molecule is Cn1cc(C[C@@H]2[C@@H](OCC3CC3)CCN2C(=O)c2ccoc2)cn1. The van der Waals surface area contributed by atoms with Crippen molar-refractivity contribution in [1.29, 1.82) is 0 Å². The summed E-state index contributed by atoms with van der Waals surface area (Å²) < 4.78 is 13.0. The van der Waals surface area contributed by atoms with E-state index in [0.717, 1.165) is 37.5 Å². The highest BCUT2D eigenvalue weighted by Gasteiger charge is 2.39. The molecule has 1 saturated carbocycles. The van der Waals surface area contributed by atoms with Crippen molar-refractivity contribution in [3.05, 3.63) is 42.1 Å². The minimum Gasteiger partial charge on any atom is -0.472 e. The average Bonchev–Trinajstić information content (AvgIpc) is 2.98. The number of hydrogen-bond donors (Lipinski definition) is 0. The lowest BCUT2D eigenvalue weighted by Gasteiger charge is -2.28. The molecule has 2 atom stereocenters. The average molecular weight is 329 g/mol. The Morgan fingerprint density at radius 2 is 2.29 bits per heavy atom. The van der Waals surface area contributed by atoms with Crippen molar-refractivity contribution in [2.45, 2.75) is 37.8 Å². The van der Waals surface area contributed by atoms with Crippen molar-refractivity contribution in [3.8, 4) is 0 Å². The number of furan rings is 1. The highest BCUT2D eigenvalue weighted by atomic mass is 16.5. The summed E-state index contributed by atoms with van der Waals surface area (Å²) in [6.07, 6.45) is 11.3. The molecule has 0 radical (unpaired) electrons. The fraction of sp³-hybridized carbons (Fsp3) is 0.556. The molecular weight excluding hydrogens is 306 g/mol. The number of rotatable bonds is 6. The van der Waals surface area contributed by atoms with Crippen LogP contribution in [0.2, 0.25) is 0 Å². The molecule has 128 valence electrons. The highest BCUT2D eigenvalue weighted by Crippen LogP contribution is 2.32. The smallest absolute Gasteiger partial charge is 0.257 e. The van der Waals surface area contributed by atoms with Gasteiger partial charge in [-0.25, -0.2) is 0 Å². The summed E-state index contributed by atoms with van der Waals surface area (Å²) in [5.74, 6) is 0.748. The van der Waals surface area contributed by atoms with E-state index in [1.165, 1.54) is 19.1 Å². The van der Waals surface area contributed by atoms with E-state index in [9.17, 15) is 4.79 Å². The molecule has 1 aliphatic carbocycles. The van der Waals surface area contributed by atoms with E-state index in [1.54, 1.807) is 17.0 Å². The third-order valence-electron chi connectivity index (χ3n) is 4.96. The molecule has 0 bridgehead atoms. The maximum absolute atomic E-state index is 12.8. The molecule has 0 spiro atoms. The Morgan fingerprint density at radius 3 is 2.96 bits per heavy atom. The highest BCUT2D eigenvalue weighted by molar-refractivity contribution is 5.94. The molecule has 1 aliphatic heterocycles. The molecule has 2 aromatic heterocycles. The molecule has 2 fully saturated rings. The zero-order valence-corrected chi connectivity index (χ0v) is 13.9. The van der Waals surface area contributed by atoms with Gasteiger partial charge in [0.1, 0.15) is 6.26 Å². The van der Waals surface area contributed by atoms with Crippen LogP contribution in [0.4, 0.5) is 0 Å². The third kappa shape index (κ3) is 3.24. The van der Waals surface area contributed by atoms with Crippen LogP contribution in [-0.4, -0.2) is 45.9 Å². The molecule has 1 amide bonds. The molecule has 4 rings (SSSR count). The largest absolute Gasteiger partial charge is 0.472 e. The summed E-state index contributed by atoms with van der Waals surface area (Å²) in [6.45, 7) is 1.55. The third-order valence-corrected chi connectivity index (χ3v) is 4.96. The second-order valence-electron chi connectivity index (χ2n) is 6.91. The van der Waals surface area contributed by atoms with Gasteiger partial charge in [0, 0.05) is 26.4 Å². The number of nitrogens with zero attached hydrogens (tertiary/aromatic N) is 3. The van der Waals surface area contributed by atoms with E-state index in [-0.39, 0.29) is 18.1 Å². The van der Waals surface area contributed by atoms with Crippen LogP contribution in [0, 0.1) is 5.92 Å². The van der Waals surface area contributed by atoms with Gasteiger partial charge in [-0.3, -0.25) is 9.48 Å². The van der Waals surface area contributed by atoms with Crippen LogP contribution in [0.25, 0.3) is 0 Å². The minimum absolute atomic E-state index is 0.0233. The molecule has 1 saturated heterocycles. The van der Waals surface area contributed by atoms with Crippen molar-refractivity contribution >= 4 is 5.91 Å². The monoisotopic (exact) mass is 329 g/mol. The lowest BCUT2D eigenvalue weighted by Crippen LogP contribution is -2.42. The molecular formula is C18H23N3O3. The van der Waals surface area contributed by atoms with Gasteiger partial charge in [-0.15, -0.1) is 0 Å². The Balaban J connectivity index is 1.51. The Morgan fingerprint density at radius 1 is 1.42 bits per heavy atom. The first-order chi connectivity index (χ1) is 11.7. The predicted molar refractivity (Wildman–Crippen MR) is 87.5 cm³/mol. The summed E-state index contributed by atoms with van der Waals surface area (Å²) >= 11 is 0. The van der Waals surface area contributed by atoms with Gasteiger partial charge < -0.3 is 14.1 Å². The standard InChI is InChI=1S/C18H23N3O3/c1-20-10-14(9-19-20)8-16-17(24-11-13-2-3-13)4-6-21(16)18(22)15-5-7-23-12-15/h5,7,9-10,12-13,16-17H,2-4,6,8,11H2,1H3/t16-,17+/m1/s1. The van der Waals surface area contributed by atoms with Gasteiger partial charge in [0.15, 0.2) is 0 Å². The molecule has 6 nitrogen and oxygen atoms in total. The van der Waals surface area contributed by atoms with E-state index < -0.39 is 0 Å². The molecule has 2 aromatic rings. The number of aryl methyl sites for hydroxylation is 1. The van der Waals surface area contributed by atoms with Crippen LogP contribution in [0.15, 0.2) is 35.4 Å². The van der Waals surface area contributed by atoms with Crippen LogP contribution in [0.1, 0.15) is 35.2 Å². The zero-order chi connectivity index (χ0) is 16.5. The van der Waals surface area contributed by atoms with Crippen LogP contribution >= 0.6 is 0 Å². The molecule has 0 unspecified atom stereocenters. The first-order valence-electron chi connectivity index (χ1n) is 8.63. The molecule has 2 aliphatic rings. The lowest BCUT2D eigenvalue weighted by molar-refractivity contribution is 0.0200. The number of likely N-dealkylation sites (tertiary alicyclic amines) is 1. The summed E-state index contributed by atoms with van der Waals surface area (Å²) in [4.78, 5) is 14.7. The van der Waals surface area contributed by atoms with Gasteiger partial charge in [-0.05, 0) is 43.2 Å². The van der Waals surface area contributed by atoms with E-state index in [1.807, 2.05) is 24.3 Å². The topological polar surface area (TPSA) is 60.5 Å².